The van der Waals surface area contributed by atoms with Gasteiger partial charge in [-0.2, -0.15) is 4.39 Å². The zero-order valence-electron chi connectivity index (χ0n) is 10.2. The highest BCUT2D eigenvalue weighted by atomic mass is 32.1. The molecule has 3 rings (SSSR count). The van der Waals surface area contributed by atoms with Crippen molar-refractivity contribution in [2.24, 2.45) is 0 Å². The fourth-order valence-corrected chi connectivity index (χ4v) is 2.96. The standard InChI is InChI=1S/C16H12FNS/c17-16-8-4-7-14(18-16)15-10-9-13(19-15)11-12-5-2-1-3-6-12/h1-10H,11H2. The van der Waals surface area contributed by atoms with E-state index in [4.69, 9.17) is 0 Å². The lowest BCUT2D eigenvalue weighted by molar-refractivity contribution is 0.585. The molecule has 2 heterocycles. The number of halogens is 1. The molecular weight excluding hydrogens is 257 g/mol. The van der Waals surface area contributed by atoms with E-state index in [9.17, 15) is 4.39 Å². The molecule has 0 N–H and O–H groups in total. The van der Waals surface area contributed by atoms with Gasteiger partial charge in [-0.15, -0.1) is 11.3 Å². The van der Waals surface area contributed by atoms with Crippen molar-refractivity contribution < 1.29 is 4.39 Å². The first-order chi connectivity index (χ1) is 9.31. The number of nitrogens with zero attached hydrogens (tertiary/aromatic N) is 1. The van der Waals surface area contributed by atoms with Crippen LogP contribution in [0.2, 0.25) is 0 Å². The molecular formula is C16H12FNS. The predicted molar refractivity (Wildman–Crippen MR) is 76.8 cm³/mol. The van der Waals surface area contributed by atoms with Crippen molar-refractivity contribution in [1.82, 2.24) is 4.98 Å². The van der Waals surface area contributed by atoms with Crippen LogP contribution in [0.5, 0.6) is 0 Å². The summed E-state index contributed by atoms with van der Waals surface area (Å²) >= 11 is 1.66. The zero-order valence-corrected chi connectivity index (χ0v) is 11.0. The van der Waals surface area contributed by atoms with Gasteiger partial charge in [-0.3, -0.25) is 0 Å². The second kappa shape index (κ2) is 5.33. The van der Waals surface area contributed by atoms with E-state index in [1.54, 1.807) is 17.4 Å². The van der Waals surface area contributed by atoms with Crippen LogP contribution in [0, 0.1) is 5.95 Å². The molecule has 19 heavy (non-hydrogen) atoms. The molecule has 0 aliphatic carbocycles. The Hall–Kier alpha value is -2.00. The average molecular weight is 269 g/mol. The summed E-state index contributed by atoms with van der Waals surface area (Å²) in [6, 6.07) is 19.3. The van der Waals surface area contributed by atoms with Gasteiger partial charge in [0, 0.05) is 11.3 Å². The molecule has 3 aromatic rings. The Labute approximate surface area is 115 Å². The van der Waals surface area contributed by atoms with Gasteiger partial charge >= 0.3 is 0 Å². The highest BCUT2D eigenvalue weighted by molar-refractivity contribution is 7.15. The molecule has 0 amide bonds. The third kappa shape index (κ3) is 2.88. The minimum absolute atomic E-state index is 0.435. The summed E-state index contributed by atoms with van der Waals surface area (Å²) in [5.74, 6) is -0.435. The molecule has 0 bridgehead atoms. The van der Waals surface area contributed by atoms with Crippen LogP contribution in [-0.2, 0) is 6.42 Å². The quantitative estimate of drug-likeness (QED) is 0.636. The highest BCUT2D eigenvalue weighted by Crippen LogP contribution is 2.28. The van der Waals surface area contributed by atoms with Crippen LogP contribution < -0.4 is 0 Å². The Morgan fingerprint density at radius 3 is 2.53 bits per heavy atom. The van der Waals surface area contributed by atoms with Crippen molar-refractivity contribution in [3.8, 4) is 10.6 Å². The minimum Gasteiger partial charge on any atom is -0.219 e. The third-order valence-corrected chi connectivity index (χ3v) is 3.96. The molecule has 1 aromatic carbocycles. The molecule has 0 radical (unpaired) electrons. The maximum Gasteiger partial charge on any atom is 0.213 e. The average Bonchev–Trinajstić information content (AvgIpc) is 2.88. The Morgan fingerprint density at radius 1 is 0.895 bits per heavy atom. The zero-order chi connectivity index (χ0) is 13.1. The monoisotopic (exact) mass is 269 g/mol. The molecule has 0 fully saturated rings. The third-order valence-electron chi connectivity index (χ3n) is 2.85. The second-order valence-corrected chi connectivity index (χ2v) is 5.44. The summed E-state index contributed by atoms with van der Waals surface area (Å²) < 4.78 is 13.1. The van der Waals surface area contributed by atoms with E-state index in [1.165, 1.54) is 16.5 Å². The number of hydrogen-bond donors (Lipinski definition) is 0. The Kier molecular flexibility index (Phi) is 3.38. The second-order valence-electron chi connectivity index (χ2n) is 4.27. The normalized spacial score (nSPS) is 10.6. The number of rotatable bonds is 3. The van der Waals surface area contributed by atoms with Crippen LogP contribution in [0.3, 0.4) is 0 Å². The first-order valence-electron chi connectivity index (χ1n) is 6.07. The smallest absolute Gasteiger partial charge is 0.213 e. The van der Waals surface area contributed by atoms with Gasteiger partial charge < -0.3 is 0 Å². The van der Waals surface area contributed by atoms with Gasteiger partial charge in [0.2, 0.25) is 5.95 Å². The van der Waals surface area contributed by atoms with Gasteiger partial charge in [0.25, 0.3) is 0 Å². The van der Waals surface area contributed by atoms with Gasteiger partial charge in [-0.1, -0.05) is 36.4 Å². The predicted octanol–water partition coefficient (Wildman–Crippen LogP) is 4.54. The van der Waals surface area contributed by atoms with E-state index < -0.39 is 5.95 Å². The minimum atomic E-state index is -0.435. The van der Waals surface area contributed by atoms with Crippen LogP contribution in [0.25, 0.3) is 10.6 Å². The summed E-state index contributed by atoms with van der Waals surface area (Å²) in [5.41, 5.74) is 1.98. The molecule has 0 saturated heterocycles. The van der Waals surface area contributed by atoms with Gasteiger partial charge in [-0.25, -0.2) is 4.98 Å². The van der Waals surface area contributed by atoms with Crippen molar-refractivity contribution in [2.75, 3.05) is 0 Å². The topological polar surface area (TPSA) is 12.9 Å². The molecule has 1 nitrogen and oxygen atoms in total. The van der Waals surface area contributed by atoms with Crippen LogP contribution in [0.1, 0.15) is 10.4 Å². The lowest BCUT2D eigenvalue weighted by Gasteiger charge is -1.98. The fraction of sp³-hybridized carbons (Fsp3) is 0.0625. The van der Waals surface area contributed by atoms with Crippen molar-refractivity contribution in [3.63, 3.8) is 0 Å². The number of thiophene rings is 1. The molecule has 0 aliphatic heterocycles. The van der Waals surface area contributed by atoms with Crippen LogP contribution >= 0.6 is 11.3 Å². The molecule has 0 atom stereocenters. The number of pyridine rings is 1. The first kappa shape index (κ1) is 12.1. The van der Waals surface area contributed by atoms with Crippen molar-refractivity contribution in [3.05, 3.63) is 77.1 Å². The SMILES string of the molecule is Fc1cccc(-c2ccc(Cc3ccccc3)s2)n1. The van der Waals surface area contributed by atoms with E-state index in [0.29, 0.717) is 5.69 Å². The molecule has 2 aromatic heterocycles. The maximum absolute atomic E-state index is 13.1. The number of hydrogen-bond acceptors (Lipinski definition) is 2. The molecule has 3 heteroatoms. The van der Waals surface area contributed by atoms with Crippen molar-refractivity contribution in [2.45, 2.75) is 6.42 Å². The lowest BCUT2D eigenvalue weighted by atomic mass is 10.1. The fourth-order valence-electron chi connectivity index (χ4n) is 1.95. The Morgan fingerprint density at radius 2 is 1.74 bits per heavy atom. The Bertz CT molecular complexity index is 676. The van der Waals surface area contributed by atoms with E-state index in [2.05, 4.69) is 23.2 Å². The first-order valence-corrected chi connectivity index (χ1v) is 6.88. The van der Waals surface area contributed by atoms with E-state index in [-0.39, 0.29) is 0 Å². The van der Waals surface area contributed by atoms with Crippen molar-refractivity contribution >= 4 is 11.3 Å². The number of benzene rings is 1. The van der Waals surface area contributed by atoms with E-state index in [1.807, 2.05) is 30.3 Å². The molecule has 94 valence electrons. The summed E-state index contributed by atoms with van der Waals surface area (Å²) in [4.78, 5) is 6.17. The Balaban J connectivity index is 1.84. The van der Waals surface area contributed by atoms with Gasteiger partial charge in [0.05, 0.1) is 10.6 Å². The van der Waals surface area contributed by atoms with E-state index in [0.717, 1.165) is 11.3 Å². The van der Waals surface area contributed by atoms with Gasteiger partial charge in [0.15, 0.2) is 0 Å². The summed E-state index contributed by atoms with van der Waals surface area (Å²) in [7, 11) is 0. The van der Waals surface area contributed by atoms with Gasteiger partial charge in [0.1, 0.15) is 0 Å². The molecule has 0 spiro atoms. The molecule has 0 unspecified atom stereocenters. The summed E-state index contributed by atoms with van der Waals surface area (Å²) in [6.07, 6.45) is 0.904. The van der Waals surface area contributed by atoms with Crippen LogP contribution in [0.4, 0.5) is 4.39 Å². The summed E-state index contributed by atoms with van der Waals surface area (Å²) in [6.45, 7) is 0. The summed E-state index contributed by atoms with van der Waals surface area (Å²) in [5, 5.41) is 0. The van der Waals surface area contributed by atoms with Crippen molar-refractivity contribution in [1.29, 1.82) is 0 Å². The maximum atomic E-state index is 13.1. The highest BCUT2D eigenvalue weighted by Gasteiger charge is 2.05. The lowest BCUT2D eigenvalue weighted by Crippen LogP contribution is -1.84. The van der Waals surface area contributed by atoms with E-state index >= 15 is 0 Å². The molecule has 0 saturated carbocycles. The largest absolute Gasteiger partial charge is 0.219 e. The van der Waals surface area contributed by atoms with Crippen LogP contribution in [-0.4, -0.2) is 4.98 Å². The molecule has 0 aliphatic rings. The number of aromatic nitrogens is 1. The van der Waals surface area contributed by atoms with Gasteiger partial charge in [-0.05, 0) is 29.8 Å². The van der Waals surface area contributed by atoms with Crippen LogP contribution in [0.15, 0.2) is 60.7 Å².